The molecule has 1 aromatic carbocycles. The zero-order valence-corrected chi connectivity index (χ0v) is 22.9. The van der Waals surface area contributed by atoms with Crippen LogP contribution in [0.5, 0.6) is 0 Å². The summed E-state index contributed by atoms with van der Waals surface area (Å²) in [5, 5.41) is 25.1. The predicted molar refractivity (Wildman–Crippen MR) is 139 cm³/mol. The smallest absolute Gasteiger partial charge is 0.259 e. The molecule has 1 saturated carbocycles. The van der Waals surface area contributed by atoms with Gasteiger partial charge < -0.3 is 5.11 Å². The molecule has 3 N–H and O–H groups in total. The number of nitrogens with zero attached hydrogens (tertiary/aromatic N) is 2. The zero-order chi connectivity index (χ0) is 24.0. The van der Waals surface area contributed by atoms with Crippen LogP contribution in [0.4, 0.5) is 8.78 Å². The molecule has 1 aliphatic carbocycles. The van der Waals surface area contributed by atoms with E-state index in [1.165, 1.54) is 19.9 Å². The molecule has 0 saturated heterocycles. The van der Waals surface area contributed by atoms with Crippen LogP contribution in [-0.4, -0.2) is 15.2 Å². The Balaban J connectivity index is 0.00000289. The Hall–Kier alpha value is -1.49. The third kappa shape index (κ3) is 6.38. The average Bonchev–Trinajstić information content (AvgIpc) is 3.40. The van der Waals surface area contributed by atoms with Gasteiger partial charge in [0.05, 0.1) is 17.6 Å². The molecule has 12 heteroatoms. The molecule has 1 aliphatic rings. The van der Waals surface area contributed by atoms with Crippen molar-refractivity contribution in [2.45, 2.75) is 68.6 Å². The topological polar surface area (TPSA) is 117 Å². The first-order valence-electron chi connectivity index (χ1n) is 10.1. The average molecular weight is 550 g/mol. The van der Waals surface area contributed by atoms with Crippen LogP contribution in [0.2, 0.25) is 0 Å². The van der Waals surface area contributed by atoms with Crippen molar-refractivity contribution in [1.29, 1.82) is 5.26 Å². The summed E-state index contributed by atoms with van der Waals surface area (Å²) in [6.45, 7) is 6.39. The van der Waals surface area contributed by atoms with Gasteiger partial charge >= 0.3 is 0 Å². The molecule has 188 valence electrons. The van der Waals surface area contributed by atoms with Crippen LogP contribution >= 0.6 is 38.3 Å². The Morgan fingerprint density at radius 3 is 2.38 bits per heavy atom. The van der Waals surface area contributed by atoms with E-state index in [1.807, 2.05) is 6.07 Å². The second-order valence-electron chi connectivity index (χ2n) is 8.80. The molecule has 1 heterocycles. The van der Waals surface area contributed by atoms with Gasteiger partial charge in [0.1, 0.15) is 11.9 Å². The van der Waals surface area contributed by atoms with Crippen LogP contribution in [0, 0.1) is 23.0 Å². The van der Waals surface area contributed by atoms with Gasteiger partial charge in [0, 0.05) is 4.88 Å². The molecule has 6 nitrogen and oxygen atoms in total. The van der Waals surface area contributed by atoms with E-state index in [4.69, 9.17) is 5.14 Å². The van der Waals surface area contributed by atoms with Crippen molar-refractivity contribution in [3.8, 4) is 6.07 Å². The molecule has 34 heavy (non-hydrogen) atoms. The van der Waals surface area contributed by atoms with Gasteiger partial charge in [0.2, 0.25) is 0 Å². The van der Waals surface area contributed by atoms with E-state index in [0.717, 1.165) is 18.9 Å². The molecule has 1 fully saturated rings. The van der Waals surface area contributed by atoms with Gasteiger partial charge in [0.25, 0.3) is 5.91 Å². The highest BCUT2D eigenvalue weighted by molar-refractivity contribution is 7.93. The molecular weight excluding hydrogens is 521 g/mol. The molecule has 1 amide bonds. The number of amides is 1. The number of hydrogen-bond acceptors (Lipinski definition) is 5. The normalized spacial score (nSPS) is 15.1. The second kappa shape index (κ2) is 11.1. The quantitative estimate of drug-likeness (QED) is 0.537. The Labute approximate surface area is 216 Å². The fraction of sp³-hybridized carbons (Fsp3) is 0.455. The van der Waals surface area contributed by atoms with Gasteiger partial charge in [-0.3, -0.25) is 4.79 Å². The fourth-order valence-corrected chi connectivity index (χ4v) is 6.02. The lowest BCUT2D eigenvalue weighted by molar-refractivity contribution is -0.117. The van der Waals surface area contributed by atoms with Crippen LogP contribution in [0.3, 0.4) is 0 Å². The lowest BCUT2D eigenvalue weighted by atomic mass is 9.87. The minimum atomic E-state index is -3.91. The van der Waals surface area contributed by atoms with E-state index < -0.39 is 37.3 Å². The number of nitrogens with two attached hydrogens (primary N) is 1. The summed E-state index contributed by atoms with van der Waals surface area (Å²) in [7, 11) is -3.91. The van der Waals surface area contributed by atoms with E-state index >= 15 is 0 Å². The van der Waals surface area contributed by atoms with Crippen LogP contribution in [0.25, 0.3) is 0 Å². The van der Waals surface area contributed by atoms with Gasteiger partial charge in [-0.2, -0.15) is 32.3 Å². The lowest BCUT2D eigenvalue weighted by Crippen LogP contribution is -2.17. The molecule has 0 spiro atoms. The Bertz CT molecular complexity index is 1250. The highest BCUT2D eigenvalue weighted by Gasteiger charge is 2.32. The highest BCUT2D eigenvalue weighted by Crippen LogP contribution is 2.45. The van der Waals surface area contributed by atoms with Gasteiger partial charge in [-0.1, -0.05) is 13.8 Å². The minimum absolute atomic E-state index is 0. The summed E-state index contributed by atoms with van der Waals surface area (Å²) < 4.78 is 45.4. The summed E-state index contributed by atoms with van der Waals surface area (Å²) in [5.74, 6) is -2.66. The van der Waals surface area contributed by atoms with Crippen LogP contribution < -0.4 is 5.14 Å². The maximum atomic E-state index is 15.0. The molecule has 2 aromatic rings. The predicted octanol–water partition coefficient (Wildman–Crippen LogP) is 4.82. The van der Waals surface area contributed by atoms with Crippen molar-refractivity contribution in [3.05, 3.63) is 50.9 Å². The SMILES string of the molecule is CC(C)c1c(F)c(C#N)cc(C2CC2)c1CC(=O)N=S(N)(=O)c1sc(C(C)(C)O)cc1F.S.S. The van der Waals surface area contributed by atoms with Gasteiger partial charge in [-0.05, 0) is 67.3 Å². The van der Waals surface area contributed by atoms with Crippen LogP contribution in [0.15, 0.2) is 20.7 Å². The molecule has 1 aromatic heterocycles. The molecule has 0 radical (unpaired) electrons. The van der Waals surface area contributed by atoms with Crippen LogP contribution in [-0.2, 0) is 26.7 Å². The number of rotatable bonds is 6. The molecule has 0 aliphatic heterocycles. The number of hydrogen-bond donors (Lipinski definition) is 2. The largest absolute Gasteiger partial charge is 0.385 e. The first kappa shape index (κ1) is 30.5. The van der Waals surface area contributed by atoms with Crippen molar-refractivity contribution in [3.63, 3.8) is 0 Å². The number of carbonyl (C=O) groups excluding carboxylic acids is 1. The van der Waals surface area contributed by atoms with E-state index in [1.54, 1.807) is 13.8 Å². The first-order valence-corrected chi connectivity index (χ1v) is 12.5. The molecule has 3 rings (SSSR count). The van der Waals surface area contributed by atoms with E-state index in [9.17, 15) is 28.2 Å². The van der Waals surface area contributed by atoms with Crippen molar-refractivity contribution >= 4 is 54.2 Å². The molecule has 1 unspecified atom stereocenters. The van der Waals surface area contributed by atoms with E-state index in [0.29, 0.717) is 22.5 Å². The van der Waals surface area contributed by atoms with E-state index in [2.05, 4.69) is 4.36 Å². The Morgan fingerprint density at radius 1 is 1.35 bits per heavy atom. The van der Waals surface area contributed by atoms with E-state index in [-0.39, 0.29) is 61.3 Å². The summed E-state index contributed by atoms with van der Waals surface area (Å²) >= 11 is 0.688. The monoisotopic (exact) mass is 549 g/mol. The third-order valence-corrected chi connectivity index (χ3v) is 8.64. The number of nitriles is 1. The number of thiophene rings is 1. The van der Waals surface area contributed by atoms with Crippen LogP contribution in [0.1, 0.15) is 79.5 Å². The Kier molecular flexibility index (Phi) is 9.93. The number of carbonyl (C=O) groups is 1. The summed E-state index contributed by atoms with van der Waals surface area (Å²) in [5.41, 5.74) is -0.0674. The Morgan fingerprint density at radius 2 is 1.94 bits per heavy atom. The van der Waals surface area contributed by atoms with Gasteiger partial charge in [-0.25, -0.2) is 18.1 Å². The van der Waals surface area contributed by atoms with Gasteiger partial charge in [0.15, 0.2) is 19.9 Å². The molecular formula is C22H29F2N3O3S4. The summed E-state index contributed by atoms with van der Waals surface area (Å²) in [4.78, 5) is 13.0. The number of benzene rings is 1. The van der Waals surface area contributed by atoms with Crippen molar-refractivity contribution in [1.82, 2.24) is 0 Å². The van der Waals surface area contributed by atoms with Crippen molar-refractivity contribution < 1.29 is 22.9 Å². The number of halogens is 2. The first-order chi connectivity index (χ1) is 14.8. The lowest BCUT2D eigenvalue weighted by Gasteiger charge is -2.18. The maximum Gasteiger partial charge on any atom is 0.259 e. The third-order valence-electron chi connectivity index (χ3n) is 5.25. The maximum absolute atomic E-state index is 15.0. The standard InChI is InChI=1S/C22H25F2N3O3S2.2H2S/c1-11(2)19-15(14(12-5-6-12)7-13(10-25)20(19)24)8-18(28)27-32(26,30)21-16(23)9-17(31-21)22(3,4)29;;/h7,9,11-12,29H,5-6,8H2,1-4H3,(H2,26,27,28,30);2*1H2. The number of aliphatic hydroxyl groups is 1. The zero-order valence-electron chi connectivity index (χ0n) is 19.2. The minimum Gasteiger partial charge on any atom is -0.385 e. The molecule has 1 atom stereocenters. The summed E-state index contributed by atoms with van der Waals surface area (Å²) in [6, 6.07) is 4.35. The molecule has 0 bridgehead atoms. The fourth-order valence-electron chi connectivity index (χ4n) is 3.61. The highest BCUT2D eigenvalue weighted by atomic mass is 32.2. The van der Waals surface area contributed by atoms with Gasteiger partial charge in [-0.15, -0.1) is 15.7 Å². The summed E-state index contributed by atoms with van der Waals surface area (Å²) in [6.07, 6.45) is 1.36. The van der Waals surface area contributed by atoms with Crippen molar-refractivity contribution in [2.24, 2.45) is 9.50 Å². The van der Waals surface area contributed by atoms with Crippen molar-refractivity contribution in [2.75, 3.05) is 0 Å². The second-order valence-corrected chi connectivity index (χ2v) is 11.8.